The molecule has 0 heterocycles. The molecule has 1 aromatic carbocycles. The molecule has 0 fully saturated rings. The zero-order valence-electron chi connectivity index (χ0n) is 9.69. The van der Waals surface area contributed by atoms with Crippen molar-refractivity contribution in [2.45, 2.75) is 43.8 Å². The van der Waals surface area contributed by atoms with Gasteiger partial charge in [-0.1, -0.05) is 26.0 Å². The van der Waals surface area contributed by atoms with Crippen LogP contribution < -0.4 is 0 Å². The lowest BCUT2D eigenvalue weighted by Gasteiger charge is -2.09. The molecule has 0 aliphatic carbocycles. The highest BCUT2D eigenvalue weighted by Crippen LogP contribution is 2.20. The van der Waals surface area contributed by atoms with Gasteiger partial charge in [0.15, 0.2) is 9.84 Å². The monoisotopic (exact) mass is 226 g/mol. The van der Waals surface area contributed by atoms with Crippen molar-refractivity contribution in [3.05, 3.63) is 29.8 Å². The number of hydrogen-bond donors (Lipinski definition) is 0. The Labute approximate surface area is 92.2 Å². The highest BCUT2D eigenvalue weighted by molar-refractivity contribution is 7.92. The third-order valence-electron chi connectivity index (χ3n) is 2.50. The smallest absolute Gasteiger partial charge is 0.180 e. The van der Waals surface area contributed by atoms with Gasteiger partial charge in [0, 0.05) is 0 Å². The minimum Gasteiger partial charge on any atom is -0.223 e. The summed E-state index contributed by atoms with van der Waals surface area (Å²) in [6.45, 7) is 7.58. The molecule has 3 heteroatoms. The molecule has 0 aliphatic rings. The Kier molecular flexibility index (Phi) is 3.55. The van der Waals surface area contributed by atoms with Gasteiger partial charge < -0.3 is 0 Å². The van der Waals surface area contributed by atoms with E-state index >= 15 is 0 Å². The third kappa shape index (κ3) is 2.59. The molecule has 0 amide bonds. The van der Waals surface area contributed by atoms with E-state index in [-0.39, 0.29) is 5.25 Å². The van der Waals surface area contributed by atoms with E-state index in [0.29, 0.717) is 10.8 Å². The van der Waals surface area contributed by atoms with E-state index in [9.17, 15) is 8.42 Å². The van der Waals surface area contributed by atoms with Gasteiger partial charge in [0.25, 0.3) is 0 Å². The van der Waals surface area contributed by atoms with Crippen LogP contribution in [0.15, 0.2) is 29.2 Å². The summed E-state index contributed by atoms with van der Waals surface area (Å²) in [6, 6.07) is 7.18. The maximum atomic E-state index is 11.8. The molecular weight excluding hydrogens is 208 g/mol. The van der Waals surface area contributed by atoms with Crippen molar-refractivity contribution in [3.63, 3.8) is 0 Å². The first-order chi connectivity index (χ1) is 6.85. The third-order valence-corrected chi connectivity index (χ3v) is 4.67. The summed E-state index contributed by atoms with van der Waals surface area (Å²) in [6.07, 6.45) is 0. The highest BCUT2D eigenvalue weighted by Gasteiger charge is 2.18. The maximum Gasteiger partial charge on any atom is 0.180 e. The van der Waals surface area contributed by atoms with Crippen LogP contribution in [0.5, 0.6) is 0 Å². The van der Waals surface area contributed by atoms with E-state index in [1.165, 1.54) is 0 Å². The van der Waals surface area contributed by atoms with E-state index in [4.69, 9.17) is 0 Å². The van der Waals surface area contributed by atoms with Crippen LogP contribution in [0.2, 0.25) is 0 Å². The predicted octanol–water partition coefficient (Wildman–Crippen LogP) is 2.99. The zero-order valence-corrected chi connectivity index (χ0v) is 10.5. The van der Waals surface area contributed by atoms with Crippen molar-refractivity contribution in [2.75, 3.05) is 0 Å². The summed E-state index contributed by atoms with van der Waals surface area (Å²) < 4.78 is 23.6. The fourth-order valence-electron chi connectivity index (χ4n) is 1.31. The minimum atomic E-state index is -3.12. The predicted molar refractivity (Wildman–Crippen MR) is 62.9 cm³/mol. The van der Waals surface area contributed by atoms with Crippen molar-refractivity contribution in [1.82, 2.24) is 0 Å². The summed E-state index contributed by atoms with van der Waals surface area (Å²) in [5, 5.41) is -0.359. The molecule has 15 heavy (non-hydrogen) atoms. The Balaban J connectivity index is 3.10. The maximum absolute atomic E-state index is 11.8. The van der Waals surface area contributed by atoms with Gasteiger partial charge in [-0.05, 0) is 37.5 Å². The Morgan fingerprint density at radius 3 is 1.73 bits per heavy atom. The molecule has 0 aliphatic heterocycles. The Morgan fingerprint density at radius 1 is 0.933 bits per heavy atom. The number of benzene rings is 1. The lowest BCUT2D eigenvalue weighted by molar-refractivity contribution is 0.587. The average Bonchev–Trinajstić information content (AvgIpc) is 2.17. The molecule has 2 nitrogen and oxygen atoms in total. The molecule has 84 valence electrons. The first kappa shape index (κ1) is 12.2. The second-order valence-corrected chi connectivity index (χ2v) is 6.82. The van der Waals surface area contributed by atoms with E-state index in [0.717, 1.165) is 5.56 Å². The molecule has 0 atom stereocenters. The van der Waals surface area contributed by atoms with Crippen LogP contribution in [0.3, 0.4) is 0 Å². The first-order valence-corrected chi connectivity index (χ1v) is 6.74. The Morgan fingerprint density at radius 2 is 1.40 bits per heavy atom. The van der Waals surface area contributed by atoms with Crippen LogP contribution in [0.4, 0.5) is 0 Å². The quantitative estimate of drug-likeness (QED) is 0.794. The molecule has 1 aromatic rings. The SMILES string of the molecule is CC(C)c1ccc(S(=O)(=O)C(C)C)cc1. The lowest BCUT2D eigenvalue weighted by Crippen LogP contribution is -2.13. The number of rotatable bonds is 3. The van der Waals surface area contributed by atoms with Crippen molar-refractivity contribution in [3.8, 4) is 0 Å². The van der Waals surface area contributed by atoms with E-state index in [2.05, 4.69) is 13.8 Å². The van der Waals surface area contributed by atoms with E-state index in [1.54, 1.807) is 26.0 Å². The fourth-order valence-corrected chi connectivity index (χ4v) is 2.37. The second-order valence-electron chi connectivity index (χ2n) is 4.32. The zero-order chi connectivity index (χ0) is 11.6. The first-order valence-electron chi connectivity index (χ1n) is 5.19. The molecule has 0 saturated heterocycles. The van der Waals surface area contributed by atoms with E-state index < -0.39 is 9.84 Å². The standard InChI is InChI=1S/C12H18O2S/c1-9(2)11-5-7-12(8-6-11)15(13,14)10(3)4/h5-10H,1-4H3. The second kappa shape index (κ2) is 4.35. The molecule has 0 bridgehead atoms. The van der Waals surface area contributed by atoms with Gasteiger partial charge >= 0.3 is 0 Å². The van der Waals surface area contributed by atoms with Gasteiger partial charge in [0.05, 0.1) is 10.1 Å². The van der Waals surface area contributed by atoms with Crippen LogP contribution in [0.1, 0.15) is 39.2 Å². The van der Waals surface area contributed by atoms with Crippen molar-refractivity contribution >= 4 is 9.84 Å². The van der Waals surface area contributed by atoms with E-state index in [1.807, 2.05) is 12.1 Å². The van der Waals surface area contributed by atoms with Gasteiger partial charge in [-0.3, -0.25) is 0 Å². The van der Waals surface area contributed by atoms with Crippen LogP contribution >= 0.6 is 0 Å². The topological polar surface area (TPSA) is 34.1 Å². The summed E-state index contributed by atoms with van der Waals surface area (Å²) in [5.74, 6) is 0.431. The normalized spacial score (nSPS) is 12.4. The van der Waals surface area contributed by atoms with Gasteiger partial charge in [-0.15, -0.1) is 0 Å². The van der Waals surface area contributed by atoms with Crippen LogP contribution in [0.25, 0.3) is 0 Å². The summed E-state index contributed by atoms with van der Waals surface area (Å²) >= 11 is 0. The van der Waals surface area contributed by atoms with Gasteiger partial charge in [-0.25, -0.2) is 8.42 Å². The summed E-state index contributed by atoms with van der Waals surface area (Å²) in [4.78, 5) is 0.418. The highest BCUT2D eigenvalue weighted by atomic mass is 32.2. The van der Waals surface area contributed by atoms with Crippen LogP contribution in [-0.4, -0.2) is 13.7 Å². The van der Waals surface area contributed by atoms with Crippen LogP contribution in [-0.2, 0) is 9.84 Å². The Hall–Kier alpha value is -0.830. The van der Waals surface area contributed by atoms with Crippen molar-refractivity contribution in [1.29, 1.82) is 0 Å². The lowest BCUT2D eigenvalue weighted by atomic mass is 10.0. The van der Waals surface area contributed by atoms with Gasteiger partial charge in [-0.2, -0.15) is 0 Å². The average molecular weight is 226 g/mol. The molecule has 1 rings (SSSR count). The van der Waals surface area contributed by atoms with Crippen molar-refractivity contribution in [2.24, 2.45) is 0 Å². The number of sulfone groups is 1. The minimum absolute atomic E-state index is 0.359. The summed E-state index contributed by atoms with van der Waals surface area (Å²) in [5.41, 5.74) is 1.16. The fraction of sp³-hybridized carbons (Fsp3) is 0.500. The largest absolute Gasteiger partial charge is 0.223 e. The Bertz CT molecular complexity index is 413. The molecular formula is C12H18O2S. The molecule has 0 radical (unpaired) electrons. The number of hydrogen-bond acceptors (Lipinski definition) is 2. The van der Waals surface area contributed by atoms with Gasteiger partial charge in [0.1, 0.15) is 0 Å². The molecule has 0 aromatic heterocycles. The summed E-state index contributed by atoms with van der Waals surface area (Å²) in [7, 11) is -3.12. The molecule has 0 unspecified atom stereocenters. The molecule has 0 N–H and O–H groups in total. The van der Waals surface area contributed by atoms with Gasteiger partial charge in [0.2, 0.25) is 0 Å². The van der Waals surface area contributed by atoms with Crippen molar-refractivity contribution < 1.29 is 8.42 Å². The van der Waals surface area contributed by atoms with Crippen LogP contribution in [0, 0.1) is 0 Å². The molecule has 0 saturated carbocycles. The molecule has 0 spiro atoms.